The first-order valence-electron chi connectivity index (χ1n) is 10.1. The van der Waals surface area contributed by atoms with E-state index in [-0.39, 0.29) is 31.6 Å². The Morgan fingerprint density at radius 3 is 2.53 bits per heavy atom. The lowest BCUT2D eigenvalue weighted by Gasteiger charge is -2.27. The van der Waals surface area contributed by atoms with Crippen molar-refractivity contribution in [2.75, 3.05) is 11.1 Å². The molecule has 15 heteroatoms. The number of nitrogens with two attached hydrogens (primary N) is 1. The molecule has 184 valence electrons. The lowest BCUT2D eigenvalue weighted by molar-refractivity contribution is -0.277. The van der Waals surface area contributed by atoms with E-state index in [4.69, 9.17) is 14.6 Å². The summed E-state index contributed by atoms with van der Waals surface area (Å²) in [5.41, 5.74) is -0.00426. The number of halogens is 6. The number of nitrogen functional groups attached to an aromatic ring is 1. The fraction of sp³-hybridized carbons (Fsp3) is 0.474. The van der Waals surface area contributed by atoms with Gasteiger partial charge in [0.2, 0.25) is 11.5 Å². The summed E-state index contributed by atoms with van der Waals surface area (Å²) in [6, 6.07) is -0.328. The predicted molar refractivity (Wildman–Crippen MR) is 103 cm³/mol. The first-order chi connectivity index (χ1) is 15.9. The molecule has 1 aliphatic rings. The summed E-state index contributed by atoms with van der Waals surface area (Å²) in [7, 11) is 0. The van der Waals surface area contributed by atoms with E-state index in [9.17, 15) is 31.4 Å². The molecule has 3 aromatic heterocycles. The molecule has 0 amide bonds. The Morgan fingerprint density at radius 2 is 1.88 bits per heavy atom. The molecule has 2 atom stereocenters. The van der Waals surface area contributed by atoms with Gasteiger partial charge in [-0.15, -0.1) is 10.2 Å². The number of pyridine rings is 1. The van der Waals surface area contributed by atoms with Gasteiger partial charge < -0.3 is 25.0 Å². The van der Waals surface area contributed by atoms with Gasteiger partial charge in [-0.25, -0.2) is 9.97 Å². The van der Waals surface area contributed by atoms with Crippen LogP contribution in [0.3, 0.4) is 0 Å². The Hall–Kier alpha value is -3.36. The SMILES string of the molecule is Nc1cc(C(F)(F)F)c2nc1-c1nnc(o1)[C@@](O)(C(F)(F)F)CCCCCC(c1ncco1)N2. The van der Waals surface area contributed by atoms with E-state index in [2.05, 4.69) is 25.5 Å². The van der Waals surface area contributed by atoms with Crippen LogP contribution in [0.4, 0.5) is 37.8 Å². The van der Waals surface area contributed by atoms with Crippen molar-refractivity contribution < 1.29 is 40.3 Å². The molecule has 0 saturated carbocycles. The minimum atomic E-state index is -5.15. The highest BCUT2D eigenvalue weighted by atomic mass is 19.4. The molecule has 4 heterocycles. The molecule has 0 aliphatic carbocycles. The third-order valence-corrected chi connectivity index (χ3v) is 5.40. The quantitative estimate of drug-likeness (QED) is 0.417. The number of hydrogen-bond donors (Lipinski definition) is 3. The lowest BCUT2D eigenvalue weighted by Crippen LogP contribution is -2.42. The average molecular weight is 492 g/mol. The minimum Gasteiger partial charge on any atom is -0.447 e. The van der Waals surface area contributed by atoms with Crippen LogP contribution >= 0.6 is 0 Å². The van der Waals surface area contributed by atoms with Crippen LogP contribution in [0.1, 0.15) is 55.5 Å². The zero-order valence-corrected chi connectivity index (χ0v) is 17.2. The maximum Gasteiger partial charge on any atom is 0.426 e. The standard InChI is InChI=1S/C19H18F6N6O3/c20-18(21,22)9-8-10(26)12-15-30-31-16(34-15)17(32,19(23,24)25)5-3-1-2-4-11(28-13(9)29-12)14-27-6-7-33-14/h6-8,11,32H,1-5,26H2,(H,28,29)/t11?,17-/m1/s1. The maximum absolute atomic E-state index is 13.7. The molecule has 0 aromatic carbocycles. The van der Waals surface area contributed by atoms with E-state index in [0.717, 1.165) is 0 Å². The van der Waals surface area contributed by atoms with E-state index >= 15 is 0 Å². The minimum absolute atomic E-state index is 0.0623. The van der Waals surface area contributed by atoms with Gasteiger partial charge in [-0.05, 0) is 25.3 Å². The number of hydrogen-bond acceptors (Lipinski definition) is 9. The molecule has 4 bridgehead atoms. The van der Waals surface area contributed by atoms with Gasteiger partial charge in [0, 0.05) is 0 Å². The highest BCUT2D eigenvalue weighted by molar-refractivity contribution is 5.71. The monoisotopic (exact) mass is 492 g/mol. The van der Waals surface area contributed by atoms with Gasteiger partial charge >= 0.3 is 12.4 Å². The summed E-state index contributed by atoms with van der Waals surface area (Å²) in [5, 5.41) is 19.8. The van der Waals surface area contributed by atoms with E-state index in [1.165, 1.54) is 12.5 Å². The van der Waals surface area contributed by atoms with Crippen molar-refractivity contribution in [1.29, 1.82) is 0 Å². The Kier molecular flexibility index (Phi) is 5.91. The van der Waals surface area contributed by atoms with Gasteiger partial charge in [-0.2, -0.15) is 26.3 Å². The molecule has 1 unspecified atom stereocenters. The Balaban J connectivity index is 1.87. The second-order valence-electron chi connectivity index (χ2n) is 7.76. The molecular weight excluding hydrogens is 474 g/mol. The summed E-state index contributed by atoms with van der Waals surface area (Å²) >= 11 is 0. The summed E-state index contributed by atoms with van der Waals surface area (Å²) in [5.74, 6) is -2.45. The van der Waals surface area contributed by atoms with Gasteiger partial charge in [-0.3, -0.25) is 0 Å². The van der Waals surface area contributed by atoms with Crippen LogP contribution < -0.4 is 11.1 Å². The van der Waals surface area contributed by atoms with Crippen LogP contribution in [0, 0.1) is 0 Å². The number of oxazole rings is 1. The number of nitrogens with zero attached hydrogens (tertiary/aromatic N) is 4. The zero-order chi connectivity index (χ0) is 24.7. The normalized spacial score (nSPS) is 22.1. The molecule has 9 nitrogen and oxygen atoms in total. The third kappa shape index (κ3) is 4.38. The maximum atomic E-state index is 13.7. The molecular formula is C19H18F6N6O3. The molecule has 0 fully saturated rings. The fourth-order valence-electron chi connectivity index (χ4n) is 3.62. The Morgan fingerprint density at radius 1 is 1.12 bits per heavy atom. The van der Waals surface area contributed by atoms with E-state index in [0.29, 0.717) is 6.07 Å². The average Bonchev–Trinajstić information content (AvgIpc) is 3.43. The van der Waals surface area contributed by atoms with Gasteiger partial charge in [0.05, 0.1) is 17.4 Å². The third-order valence-electron chi connectivity index (χ3n) is 5.40. The largest absolute Gasteiger partial charge is 0.447 e. The Labute approximate surface area is 187 Å². The highest BCUT2D eigenvalue weighted by Gasteiger charge is 2.58. The first-order valence-corrected chi connectivity index (χ1v) is 10.1. The topological polar surface area (TPSA) is 136 Å². The van der Waals surface area contributed by atoms with Crippen molar-refractivity contribution in [3.05, 3.63) is 35.9 Å². The summed E-state index contributed by atoms with van der Waals surface area (Å²) in [6.07, 6.45) is -7.72. The number of rotatable bonds is 1. The van der Waals surface area contributed by atoms with Crippen molar-refractivity contribution in [2.24, 2.45) is 0 Å². The molecule has 3 aromatic rings. The summed E-state index contributed by atoms with van der Waals surface area (Å²) in [6.45, 7) is 0. The Bertz CT molecular complexity index is 1150. The number of nitrogens with one attached hydrogen (secondary N) is 1. The van der Waals surface area contributed by atoms with Crippen LogP contribution in [0.15, 0.2) is 27.4 Å². The molecule has 4 rings (SSSR count). The van der Waals surface area contributed by atoms with Crippen molar-refractivity contribution in [2.45, 2.75) is 56.1 Å². The van der Waals surface area contributed by atoms with Crippen molar-refractivity contribution in [3.63, 3.8) is 0 Å². The number of fused-ring (bicyclic) bond motifs is 5. The summed E-state index contributed by atoms with van der Waals surface area (Å²) < 4.78 is 92.6. The second kappa shape index (κ2) is 8.45. The second-order valence-corrected chi connectivity index (χ2v) is 7.76. The van der Waals surface area contributed by atoms with Gasteiger partial charge in [0.15, 0.2) is 5.69 Å². The predicted octanol–water partition coefficient (Wildman–Crippen LogP) is 4.59. The zero-order valence-electron chi connectivity index (χ0n) is 17.2. The van der Waals surface area contributed by atoms with Crippen LogP contribution in [-0.2, 0) is 11.8 Å². The van der Waals surface area contributed by atoms with Gasteiger partial charge in [0.1, 0.15) is 18.1 Å². The molecule has 0 saturated heterocycles. The number of aromatic nitrogens is 4. The van der Waals surface area contributed by atoms with E-state index in [1.807, 2.05) is 0 Å². The first kappa shape index (κ1) is 23.8. The number of alkyl halides is 6. The van der Waals surface area contributed by atoms with E-state index < -0.39 is 65.0 Å². The van der Waals surface area contributed by atoms with Crippen molar-refractivity contribution >= 4 is 11.5 Å². The molecule has 0 spiro atoms. The molecule has 34 heavy (non-hydrogen) atoms. The molecule has 1 aliphatic heterocycles. The lowest BCUT2D eigenvalue weighted by atomic mass is 9.94. The molecule has 4 N–H and O–H groups in total. The van der Waals surface area contributed by atoms with Crippen LogP contribution in [0.25, 0.3) is 11.6 Å². The van der Waals surface area contributed by atoms with Crippen LogP contribution in [-0.4, -0.2) is 31.4 Å². The number of aliphatic hydroxyl groups is 1. The van der Waals surface area contributed by atoms with Gasteiger partial charge in [-0.1, -0.05) is 12.8 Å². The smallest absolute Gasteiger partial charge is 0.426 e. The molecule has 0 radical (unpaired) electrons. The fourth-order valence-corrected chi connectivity index (χ4v) is 3.62. The highest BCUT2D eigenvalue weighted by Crippen LogP contribution is 2.44. The van der Waals surface area contributed by atoms with Gasteiger partial charge in [0.25, 0.3) is 11.8 Å². The van der Waals surface area contributed by atoms with Crippen molar-refractivity contribution in [3.8, 4) is 11.6 Å². The van der Waals surface area contributed by atoms with E-state index in [1.54, 1.807) is 0 Å². The summed E-state index contributed by atoms with van der Waals surface area (Å²) in [4.78, 5) is 7.82. The van der Waals surface area contributed by atoms with Crippen molar-refractivity contribution in [1.82, 2.24) is 20.2 Å². The number of anilines is 2. The van der Waals surface area contributed by atoms with Crippen LogP contribution in [0.5, 0.6) is 0 Å². The van der Waals surface area contributed by atoms with Crippen LogP contribution in [0.2, 0.25) is 0 Å².